The summed E-state index contributed by atoms with van der Waals surface area (Å²) in [6, 6.07) is 3.62. The maximum Gasteiger partial charge on any atom is 1.00 e. The minimum absolute atomic E-state index is 0. The molecule has 2 N–H and O–H groups in total. The van der Waals surface area contributed by atoms with Gasteiger partial charge in [-0.2, -0.15) is 13.5 Å². The summed E-state index contributed by atoms with van der Waals surface area (Å²) in [6.07, 6.45) is 4.05. The van der Waals surface area contributed by atoms with Crippen LogP contribution in [0, 0.1) is 0 Å². The molecule has 1 aliphatic rings. The van der Waals surface area contributed by atoms with Gasteiger partial charge in [-0.15, -0.1) is 0 Å². The van der Waals surface area contributed by atoms with Gasteiger partial charge in [-0.05, 0) is 26.7 Å². The average molecular weight is 492 g/mol. The van der Waals surface area contributed by atoms with E-state index in [1.807, 2.05) is 13.8 Å². The number of aromatic nitrogens is 2. The predicted molar refractivity (Wildman–Crippen MR) is 120 cm³/mol. The average Bonchev–Trinajstić information content (AvgIpc) is 3.14. The van der Waals surface area contributed by atoms with Gasteiger partial charge in [0.15, 0.2) is 0 Å². The first kappa shape index (κ1) is 27.3. The van der Waals surface area contributed by atoms with Crippen LogP contribution >= 0.6 is 0 Å². The van der Waals surface area contributed by atoms with E-state index in [0.29, 0.717) is 62.1 Å². The van der Waals surface area contributed by atoms with Gasteiger partial charge in [-0.3, -0.25) is 4.68 Å². The van der Waals surface area contributed by atoms with Gasteiger partial charge in [0.2, 0.25) is 0 Å². The summed E-state index contributed by atoms with van der Waals surface area (Å²) in [5, 5.41) is 6.62. The number of urea groups is 1. The predicted octanol–water partition coefficient (Wildman–Crippen LogP) is -0.614. The van der Waals surface area contributed by atoms with E-state index in [2.05, 4.69) is 15.1 Å². The van der Waals surface area contributed by atoms with Gasteiger partial charge >= 0.3 is 45.8 Å². The molecule has 1 fully saturated rings. The molecule has 2 heterocycles. The second-order valence-corrected chi connectivity index (χ2v) is 8.68. The van der Waals surface area contributed by atoms with Crippen LogP contribution in [-0.4, -0.2) is 56.7 Å². The van der Waals surface area contributed by atoms with Crippen LogP contribution in [0.25, 0.3) is 0 Å². The Morgan fingerprint density at radius 3 is 2.33 bits per heavy atom. The van der Waals surface area contributed by atoms with Gasteiger partial charge in [0, 0.05) is 50.3 Å². The Morgan fingerprint density at radius 2 is 1.82 bits per heavy atom. The normalized spacial score (nSPS) is 14.2. The maximum atomic E-state index is 13.2. The van der Waals surface area contributed by atoms with E-state index < -0.39 is 16.2 Å². The number of ether oxygens (including phenoxy) is 3. The Bertz CT molecular complexity index is 1010. The SMILES string of the molecule is CCOc1cc(NC(=O)NS(=O)(=O)N(c2cnn(C)c2)C2CCOCC2)cc(OCC)c1.[H-].[Na+]. The quantitative estimate of drug-likeness (QED) is 0.449. The fraction of sp³-hybridized carbons (Fsp3) is 0.500. The van der Waals surface area contributed by atoms with E-state index in [1.54, 1.807) is 31.4 Å². The molecular formula is C20H30N5NaO6S. The van der Waals surface area contributed by atoms with Crippen LogP contribution in [0.15, 0.2) is 30.6 Å². The fourth-order valence-corrected chi connectivity index (χ4v) is 4.81. The zero-order chi connectivity index (χ0) is 23.1. The zero-order valence-electron chi connectivity index (χ0n) is 20.4. The summed E-state index contributed by atoms with van der Waals surface area (Å²) in [4.78, 5) is 12.6. The number of amides is 2. The van der Waals surface area contributed by atoms with Gasteiger partial charge in [0.1, 0.15) is 11.5 Å². The molecule has 3 rings (SSSR count). The smallest absolute Gasteiger partial charge is 1.00 e. The standard InChI is InChI=1S/C20H29N5O6S.Na.H/c1-4-30-18-10-15(11-19(12-18)31-5-2)22-20(26)23-32(27,28)25(16-6-8-29-9-7-16)17-13-21-24(3)14-17;;/h10-14,16H,4-9H2,1-3H3,(H2,22,23,26);;/q;+1;-1. The third-order valence-electron chi connectivity index (χ3n) is 4.71. The molecule has 178 valence electrons. The number of carbonyl (C=O) groups is 1. The number of aryl methyl sites for hydroxylation is 1. The number of nitrogens with one attached hydrogen (secondary N) is 2. The van der Waals surface area contributed by atoms with Crippen molar-refractivity contribution in [2.45, 2.75) is 32.7 Å². The molecule has 1 saturated heterocycles. The van der Waals surface area contributed by atoms with Crippen LogP contribution in [0.2, 0.25) is 0 Å². The van der Waals surface area contributed by atoms with E-state index in [1.165, 1.54) is 15.2 Å². The maximum absolute atomic E-state index is 13.2. The molecule has 0 bridgehead atoms. The molecule has 13 heteroatoms. The van der Waals surface area contributed by atoms with Crippen molar-refractivity contribution in [2.75, 3.05) is 36.0 Å². The monoisotopic (exact) mass is 491 g/mol. The van der Waals surface area contributed by atoms with Crippen molar-refractivity contribution in [3.05, 3.63) is 30.6 Å². The third-order valence-corrected chi connectivity index (χ3v) is 6.18. The van der Waals surface area contributed by atoms with Crippen molar-refractivity contribution in [1.82, 2.24) is 14.5 Å². The summed E-state index contributed by atoms with van der Waals surface area (Å²) in [7, 11) is -2.53. The molecular weight excluding hydrogens is 461 g/mol. The fourth-order valence-electron chi connectivity index (χ4n) is 3.45. The van der Waals surface area contributed by atoms with E-state index in [9.17, 15) is 13.2 Å². The molecule has 1 aromatic heterocycles. The number of rotatable bonds is 9. The van der Waals surface area contributed by atoms with Crippen molar-refractivity contribution in [3.63, 3.8) is 0 Å². The van der Waals surface area contributed by atoms with Crippen LogP contribution in [0.5, 0.6) is 11.5 Å². The second kappa shape index (κ2) is 12.5. The molecule has 0 radical (unpaired) electrons. The van der Waals surface area contributed by atoms with Gasteiger partial charge in [0.05, 0.1) is 31.1 Å². The van der Waals surface area contributed by atoms with E-state index in [4.69, 9.17) is 14.2 Å². The van der Waals surface area contributed by atoms with Crippen molar-refractivity contribution < 1.29 is 58.4 Å². The second-order valence-electron chi connectivity index (χ2n) is 7.13. The number of benzene rings is 1. The van der Waals surface area contributed by atoms with Crippen LogP contribution in [0.3, 0.4) is 0 Å². The summed E-state index contributed by atoms with van der Waals surface area (Å²) >= 11 is 0. The molecule has 2 aromatic rings. The number of nitrogens with zero attached hydrogens (tertiary/aromatic N) is 3. The Hall–Kier alpha value is -1.99. The Balaban J connectivity index is 0.00000289. The first-order chi connectivity index (χ1) is 15.3. The molecule has 0 saturated carbocycles. The van der Waals surface area contributed by atoms with Gasteiger partial charge < -0.3 is 21.0 Å². The van der Waals surface area contributed by atoms with Crippen LogP contribution < -0.4 is 53.4 Å². The van der Waals surface area contributed by atoms with Crippen molar-refractivity contribution >= 4 is 27.6 Å². The third kappa shape index (κ3) is 7.51. The van der Waals surface area contributed by atoms with Gasteiger partial charge in [-0.25, -0.2) is 13.8 Å². The van der Waals surface area contributed by atoms with Crippen LogP contribution in [-0.2, 0) is 22.0 Å². The Labute approximate surface area is 217 Å². The molecule has 1 aromatic carbocycles. The Morgan fingerprint density at radius 1 is 1.21 bits per heavy atom. The summed E-state index contributed by atoms with van der Waals surface area (Å²) in [6.45, 7) is 5.41. The molecule has 0 unspecified atom stereocenters. The number of carbonyl (C=O) groups excluding carboxylic acids is 1. The number of anilines is 2. The van der Waals surface area contributed by atoms with E-state index >= 15 is 0 Å². The largest absolute Gasteiger partial charge is 1.00 e. The van der Waals surface area contributed by atoms with Crippen molar-refractivity contribution in [1.29, 1.82) is 0 Å². The van der Waals surface area contributed by atoms with Crippen LogP contribution in [0.1, 0.15) is 28.1 Å². The van der Waals surface area contributed by atoms with Crippen molar-refractivity contribution in [3.8, 4) is 11.5 Å². The minimum atomic E-state index is -4.22. The first-order valence-corrected chi connectivity index (χ1v) is 11.9. The first-order valence-electron chi connectivity index (χ1n) is 10.4. The molecule has 0 spiro atoms. The van der Waals surface area contributed by atoms with Crippen LogP contribution in [0.4, 0.5) is 16.2 Å². The minimum Gasteiger partial charge on any atom is -1.00 e. The molecule has 33 heavy (non-hydrogen) atoms. The zero-order valence-corrected chi connectivity index (χ0v) is 22.2. The number of hydrogen-bond acceptors (Lipinski definition) is 7. The van der Waals surface area contributed by atoms with E-state index in [0.717, 1.165) is 0 Å². The van der Waals surface area contributed by atoms with Crippen molar-refractivity contribution in [2.24, 2.45) is 7.05 Å². The summed E-state index contributed by atoms with van der Waals surface area (Å²) in [5.41, 5.74) is 0.711. The van der Waals surface area contributed by atoms with Gasteiger partial charge in [0.25, 0.3) is 0 Å². The molecule has 1 aliphatic heterocycles. The number of hydrogen-bond donors (Lipinski definition) is 2. The van der Waals surface area contributed by atoms with Gasteiger partial charge in [-0.1, -0.05) is 0 Å². The molecule has 0 atom stereocenters. The topological polar surface area (TPSA) is 124 Å². The molecule has 2 amide bonds. The molecule has 0 aliphatic carbocycles. The molecule has 11 nitrogen and oxygen atoms in total. The summed E-state index contributed by atoms with van der Waals surface area (Å²) in [5.74, 6) is 0.992. The summed E-state index contributed by atoms with van der Waals surface area (Å²) < 4.78 is 47.6. The Kier molecular flexibility index (Phi) is 10.3. The van der Waals surface area contributed by atoms with E-state index in [-0.39, 0.29) is 37.0 Å².